The number of ether oxygens (including phenoxy) is 2. The molecular formula is C23H30N4O7S3. The average Bonchev–Trinajstić information content (AvgIpc) is 3.19. The number of fused-ring (bicyclic) bond motifs is 1. The highest BCUT2D eigenvalue weighted by atomic mass is 32.2. The second kappa shape index (κ2) is 12.4. The molecule has 0 saturated carbocycles. The molecule has 3 aromatic rings. The van der Waals surface area contributed by atoms with Gasteiger partial charge in [-0.3, -0.25) is 4.79 Å². The van der Waals surface area contributed by atoms with Gasteiger partial charge in [0.15, 0.2) is 4.80 Å². The first-order valence-corrected chi connectivity index (χ1v) is 15.2. The van der Waals surface area contributed by atoms with Gasteiger partial charge in [-0.1, -0.05) is 18.3 Å². The first-order valence-electron chi connectivity index (χ1n) is 11.4. The third-order valence-corrected chi connectivity index (χ3v) is 9.32. The van der Waals surface area contributed by atoms with Crippen LogP contribution >= 0.6 is 11.3 Å². The van der Waals surface area contributed by atoms with Crippen LogP contribution in [0, 0.1) is 0 Å². The fraction of sp³-hybridized carbons (Fsp3) is 0.391. The minimum atomic E-state index is -3.88. The standard InChI is InChI=1S/C23H30N4O7S3/c1-4-11-27-20-10-9-19(36(24,29)30)16-21(20)35-23(27)25-22(28)17-5-7-18(8-6-17)37(31,32)26(12-14-33-2)13-15-34-3/h5-10,16H,4,11-15H2,1-3H3,(H2,24,29,30). The Labute approximate surface area is 220 Å². The van der Waals surface area contributed by atoms with E-state index in [9.17, 15) is 21.6 Å². The zero-order chi connectivity index (χ0) is 27.2. The van der Waals surface area contributed by atoms with E-state index in [1.807, 2.05) is 11.5 Å². The van der Waals surface area contributed by atoms with Crippen LogP contribution in [0.15, 0.2) is 57.2 Å². The first-order chi connectivity index (χ1) is 17.5. The smallest absolute Gasteiger partial charge is 0.279 e. The van der Waals surface area contributed by atoms with Crippen LogP contribution in [-0.2, 0) is 36.1 Å². The number of aryl methyl sites for hydroxylation is 1. The molecule has 0 aliphatic heterocycles. The van der Waals surface area contributed by atoms with Gasteiger partial charge in [0, 0.05) is 39.4 Å². The molecule has 3 rings (SSSR count). The number of amides is 1. The van der Waals surface area contributed by atoms with Gasteiger partial charge in [0.2, 0.25) is 20.0 Å². The number of carbonyl (C=O) groups excluding carboxylic acids is 1. The number of sulfonamides is 2. The number of primary sulfonamides is 1. The van der Waals surface area contributed by atoms with Crippen molar-refractivity contribution >= 4 is 47.5 Å². The quantitative estimate of drug-likeness (QED) is 0.349. The number of methoxy groups -OCH3 is 2. The predicted molar refractivity (Wildman–Crippen MR) is 140 cm³/mol. The van der Waals surface area contributed by atoms with Crippen molar-refractivity contribution in [1.82, 2.24) is 8.87 Å². The Bertz CT molecular complexity index is 1520. The molecule has 0 radical (unpaired) electrons. The number of hydrogen-bond acceptors (Lipinski definition) is 8. The third kappa shape index (κ3) is 6.90. The van der Waals surface area contributed by atoms with Crippen molar-refractivity contribution in [2.75, 3.05) is 40.5 Å². The second-order valence-corrected chi connectivity index (χ2v) is 12.6. The molecule has 0 atom stereocenters. The van der Waals surface area contributed by atoms with E-state index < -0.39 is 26.0 Å². The van der Waals surface area contributed by atoms with E-state index in [0.29, 0.717) is 16.0 Å². The molecule has 0 spiro atoms. The Balaban J connectivity index is 1.95. The van der Waals surface area contributed by atoms with Crippen LogP contribution in [0.2, 0.25) is 0 Å². The van der Waals surface area contributed by atoms with Crippen LogP contribution in [-0.4, -0.2) is 72.1 Å². The molecule has 0 saturated heterocycles. The van der Waals surface area contributed by atoms with Crippen molar-refractivity contribution in [1.29, 1.82) is 0 Å². The van der Waals surface area contributed by atoms with Gasteiger partial charge in [0.05, 0.1) is 33.2 Å². The molecule has 2 N–H and O–H groups in total. The van der Waals surface area contributed by atoms with E-state index in [1.165, 1.54) is 66.3 Å². The summed E-state index contributed by atoms with van der Waals surface area (Å²) in [7, 11) is -4.72. The van der Waals surface area contributed by atoms with Crippen molar-refractivity contribution in [3.05, 3.63) is 52.8 Å². The maximum atomic E-state index is 13.1. The van der Waals surface area contributed by atoms with Gasteiger partial charge in [-0.25, -0.2) is 22.0 Å². The topological polar surface area (TPSA) is 150 Å². The molecule has 37 heavy (non-hydrogen) atoms. The molecule has 0 aliphatic rings. The maximum Gasteiger partial charge on any atom is 0.279 e. The normalized spacial score (nSPS) is 13.1. The number of hydrogen-bond donors (Lipinski definition) is 1. The Morgan fingerprint density at radius 3 is 2.14 bits per heavy atom. The fourth-order valence-electron chi connectivity index (χ4n) is 3.56. The number of aromatic nitrogens is 1. The Morgan fingerprint density at radius 2 is 1.59 bits per heavy atom. The van der Waals surface area contributed by atoms with Crippen LogP contribution in [0.4, 0.5) is 0 Å². The van der Waals surface area contributed by atoms with Crippen molar-refractivity contribution in [3.63, 3.8) is 0 Å². The highest BCUT2D eigenvalue weighted by Gasteiger charge is 2.24. The van der Waals surface area contributed by atoms with Gasteiger partial charge in [0.1, 0.15) is 0 Å². The Morgan fingerprint density at radius 1 is 1.00 bits per heavy atom. The lowest BCUT2D eigenvalue weighted by molar-refractivity contribution is 0.0997. The molecule has 1 amide bonds. The number of thiazole rings is 1. The monoisotopic (exact) mass is 570 g/mol. The number of benzene rings is 2. The van der Waals surface area contributed by atoms with Crippen LogP contribution in [0.1, 0.15) is 23.7 Å². The van der Waals surface area contributed by atoms with E-state index in [1.54, 1.807) is 6.07 Å². The summed E-state index contributed by atoms with van der Waals surface area (Å²) in [6.07, 6.45) is 0.763. The predicted octanol–water partition coefficient (Wildman–Crippen LogP) is 1.78. The van der Waals surface area contributed by atoms with Crippen LogP contribution < -0.4 is 9.94 Å². The van der Waals surface area contributed by atoms with Crippen LogP contribution in [0.25, 0.3) is 10.2 Å². The number of nitrogens with zero attached hydrogens (tertiary/aromatic N) is 3. The summed E-state index contributed by atoms with van der Waals surface area (Å²) in [5.41, 5.74) is 0.949. The number of nitrogens with two attached hydrogens (primary N) is 1. The lowest BCUT2D eigenvalue weighted by Gasteiger charge is -2.21. The summed E-state index contributed by atoms with van der Waals surface area (Å²) in [5.74, 6) is -0.553. The van der Waals surface area contributed by atoms with Gasteiger partial charge in [-0.2, -0.15) is 9.30 Å². The van der Waals surface area contributed by atoms with Crippen molar-refractivity contribution in [2.24, 2.45) is 10.1 Å². The first kappa shape index (κ1) is 29.1. The summed E-state index contributed by atoms with van der Waals surface area (Å²) < 4.78 is 63.4. The molecule has 14 heteroatoms. The van der Waals surface area contributed by atoms with E-state index in [0.717, 1.165) is 11.9 Å². The molecule has 2 aromatic carbocycles. The molecule has 0 unspecified atom stereocenters. The van der Waals surface area contributed by atoms with Crippen LogP contribution in [0.3, 0.4) is 0 Å². The maximum absolute atomic E-state index is 13.1. The Kier molecular flexibility index (Phi) is 9.74. The second-order valence-electron chi connectivity index (χ2n) is 8.04. The largest absolute Gasteiger partial charge is 0.383 e. The molecule has 1 aromatic heterocycles. The summed E-state index contributed by atoms with van der Waals surface area (Å²) in [6.45, 7) is 3.32. The SMILES string of the molecule is CCCn1c(=NC(=O)c2ccc(S(=O)(=O)N(CCOC)CCOC)cc2)sc2cc(S(N)(=O)=O)ccc21. The lowest BCUT2D eigenvalue weighted by atomic mass is 10.2. The number of rotatable bonds is 12. The number of carbonyl (C=O) groups is 1. The van der Waals surface area contributed by atoms with Gasteiger partial charge in [-0.15, -0.1) is 0 Å². The van der Waals surface area contributed by atoms with E-state index in [2.05, 4.69) is 4.99 Å². The highest BCUT2D eigenvalue weighted by molar-refractivity contribution is 7.89. The molecule has 11 nitrogen and oxygen atoms in total. The van der Waals surface area contributed by atoms with Gasteiger partial charge in [-0.05, 0) is 48.9 Å². The molecule has 202 valence electrons. The van der Waals surface area contributed by atoms with Crippen LogP contribution in [0.5, 0.6) is 0 Å². The molecular weight excluding hydrogens is 540 g/mol. The van der Waals surface area contributed by atoms with E-state index >= 15 is 0 Å². The van der Waals surface area contributed by atoms with Crippen molar-refractivity contribution in [2.45, 2.75) is 29.7 Å². The van der Waals surface area contributed by atoms with Gasteiger partial charge < -0.3 is 14.0 Å². The minimum absolute atomic E-state index is 0.0235. The summed E-state index contributed by atoms with van der Waals surface area (Å²) in [6, 6.07) is 10.1. The summed E-state index contributed by atoms with van der Waals surface area (Å²) >= 11 is 1.17. The van der Waals surface area contributed by atoms with Crippen molar-refractivity contribution < 1.29 is 31.1 Å². The third-order valence-electron chi connectivity index (χ3n) is 5.46. The molecule has 0 fully saturated rings. The van der Waals surface area contributed by atoms with E-state index in [4.69, 9.17) is 14.6 Å². The molecule has 0 bridgehead atoms. The zero-order valence-electron chi connectivity index (χ0n) is 20.8. The van der Waals surface area contributed by atoms with Crippen molar-refractivity contribution in [3.8, 4) is 0 Å². The van der Waals surface area contributed by atoms with E-state index in [-0.39, 0.29) is 41.7 Å². The highest BCUT2D eigenvalue weighted by Crippen LogP contribution is 2.22. The summed E-state index contributed by atoms with van der Waals surface area (Å²) in [4.78, 5) is 17.6. The lowest BCUT2D eigenvalue weighted by Crippen LogP contribution is -2.36. The zero-order valence-corrected chi connectivity index (χ0v) is 23.2. The molecule has 1 heterocycles. The van der Waals surface area contributed by atoms with Gasteiger partial charge in [0.25, 0.3) is 5.91 Å². The Hall–Kier alpha value is -2.46. The summed E-state index contributed by atoms with van der Waals surface area (Å²) in [5, 5.41) is 5.25. The fourth-order valence-corrected chi connectivity index (χ4v) is 6.68. The minimum Gasteiger partial charge on any atom is -0.383 e. The molecule has 0 aliphatic carbocycles. The van der Waals surface area contributed by atoms with Gasteiger partial charge >= 0.3 is 0 Å². The average molecular weight is 571 g/mol.